The summed E-state index contributed by atoms with van der Waals surface area (Å²) in [6, 6.07) is 10.7. The summed E-state index contributed by atoms with van der Waals surface area (Å²) in [7, 11) is 1.47. The lowest BCUT2D eigenvalue weighted by molar-refractivity contribution is -0.384. The summed E-state index contributed by atoms with van der Waals surface area (Å²) in [5.74, 6) is -0.296. The van der Waals surface area contributed by atoms with Crippen molar-refractivity contribution in [1.82, 2.24) is 4.90 Å². The number of nitro benzene ring substituents is 1. The molecule has 150 valence electrons. The van der Waals surface area contributed by atoms with E-state index in [4.69, 9.17) is 14.6 Å². The second kappa shape index (κ2) is 8.40. The van der Waals surface area contributed by atoms with Gasteiger partial charge in [-0.15, -0.1) is 0 Å². The monoisotopic (exact) mass is 399 g/mol. The zero-order valence-corrected chi connectivity index (χ0v) is 15.3. The van der Waals surface area contributed by atoms with E-state index in [-0.39, 0.29) is 36.0 Å². The molecule has 0 aromatic heterocycles. The minimum atomic E-state index is -0.636. The topological polar surface area (TPSA) is 131 Å². The Morgan fingerprint density at radius 2 is 1.90 bits per heavy atom. The van der Waals surface area contributed by atoms with Crippen molar-refractivity contribution in [1.29, 1.82) is 0 Å². The maximum atomic E-state index is 12.3. The number of aliphatic hydroxyl groups excluding tert-OH is 1. The molecule has 0 aliphatic carbocycles. The fourth-order valence-electron chi connectivity index (χ4n) is 2.72. The number of hydrogen-bond acceptors (Lipinski definition) is 8. The number of non-ortho nitro benzene ring substituents is 1. The van der Waals surface area contributed by atoms with E-state index in [1.807, 2.05) is 0 Å². The first kappa shape index (κ1) is 19.8. The van der Waals surface area contributed by atoms with E-state index in [1.54, 1.807) is 24.3 Å². The van der Waals surface area contributed by atoms with E-state index >= 15 is 0 Å². The van der Waals surface area contributed by atoms with E-state index in [0.717, 1.165) is 11.0 Å². The van der Waals surface area contributed by atoms with Gasteiger partial charge in [-0.1, -0.05) is 12.1 Å². The van der Waals surface area contributed by atoms with Gasteiger partial charge in [0.15, 0.2) is 11.5 Å². The Bertz CT molecular complexity index is 1000. The van der Waals surface area contributed by atoms with Crippen molar-refractivity contribution >= 4 is 23.2 Å². The Morgan fingerprint density at radius 3 is 2.55 bits per heavy atom. The number of anilines is 1. The second-order valence-electron chi connectivity index (χ2n) is 5.93. The maximum absolute atomic E-state index is 12.3. The molecule has 10 nitrogen and oxygen atoms in total. The van der Waals surface area contributed by atoms with Gasteiger partial charge < -0.3 is 19.9 Å². The van der Waals surface area contributed by atoms with E-state index < -0.39 is 16.7 Å². The molecule has 0 radical (unpaired) electrons. The molecule has 2 aromatic rings. The van der Waals surface area contributed by atoms with Gasteiger partial charge in [-0.3, -0.25) is 24.6 Å². The fraction of sp³-hybridized carbons (Fsp3) is 0.158. The average molecular weight is 399 g/mol. The summed E-state index contributed by atoms with van der Waals surface area (Å²) in [5, 5.41) is 23.0. The molecule has 0 atom stereocenters. The number of nitro groups is 1. The van der Waals surface area contributed by atoms with Gasteiger partial charge in [0.05, 0.1) is 31.3 Å². The lowest BCUT2D eigenvalue weighted by Gasteiger charge is -2.14. The lowest BCUT2D eigenvalue weighted by Crippen LogP contribution is -2.34. The van der Waals surface area contributed by atoms with Crippen molar-refractivity contribution in [3.63, 3.8) is 0 Å². The molecule has 29 heavy (non-hydrogen) atoms. The molecule has 1 aliphatic heterocycles. The number of hydrogen-bond donors (Lipinski definition) is 2. The number of nitrogens with zero attached hydrogens (tertiary/aromatic N) is 2. The second-order valence-corrected chi connectivity index (χ2v) is 5.93. The third-order valence-corrected chi connectivity index (χ3v) is 4.01. The number of imide groups is 1. The van der Waals surface area contributed by atoms with Crippen LogP contribution in [0, 0.1) is 10.1 Å². The van der Waals surface area contributed by atoms with Gasteiger partial charge in [-0.2, -0.15) is 0 Å². The molecule has 0 saturated carbocycles. The highest BCUT2D eigenvalue weighted by Crippen LogP contribution is 2.35. The van der Waals surface area contributed by atoms with Crippen LogP contribution in [-0.2, 0) is 9.59 Å². The van der Waals surface area contributed by atoms with Crippen LogP contribution < -0.4 is 14.8 Å². The molecule has 2 amide bonds. The number of nitrogens with one attached hydrogen (secondary N) is 1. The highest BCUT2D eigenvalue weighted by atomic mass is 16.6. The van der Waals surface area contributed by atoms with Crippen LogP contribution in [-0.4, -0.2) is 47.0 Å². The average Bonchev–Trinajstić information content (AvgIpc) is 2.96. The van der Waals surface area contributed by atoms with Crippen LogP contribution in [0.2, 0.25) is 0 Å². The van der Waals surface area contributed by atoms with E-state index in [0.29, 0.717) is 11.5 Å². The van der Waals surface area contributed by atoms with Crippen LogP contribution >= 0.6 is 0 Å². The number of amides is 2. The van der Waals surface area contributed by atoms with Crippen LogP contribution in [0.4, 0.5) is 11.4 Å². The molecule has 1 heterocycles. The molecule has 0 saturated heterocycles. The summed E-state index contributed by atoms with van der Waals surface area (Å²) in [6.07, 6.45) is 1.07. The van der Waals surface area contributed by atoms with Gasteiger partial charge in [0, 0.05) is 23.9 Å². The standard InChI is InChI=1S/C19H17N3O7/c1-28-16-4-2-3-5-17(16)29-14-9-12(8-13(10-14)22(26)27)20-15-11-18(24)21(6-7-23)19(15)25/h2-5,8-11,20,23H,6-7H2,1H3. The molecule has 3 rings (SSSR count). The van der Waals surface area contributed by atoms with Crippen LogP contribution in [0.15, 0.2) is 54.2 Å². The summed E-state index contributed by atoms with van der Waals surface area (Å²) < 4.78 is 10.9. The number of ether oxygens (including phenoxy) is 2. The minimum Gasteiger partial charge on any atom is -0.493 e. The van der Waals surface area contributed by atoms with Crippen LogP contribution in [0.5, 0.6) is 17.2 Å². The van der Waals surface area contributed by atoms with Gasteiger partial charge in [-0.05, 0) is 12.1 Å². The molecule has 1 aliphatic rings. The van der Waals surface area contributed by atoms with Gasteiger partial charge in [0.1, 0.15) is 11.4 Å². The zero-order chi connectivity index (χ0) is 21.0. The van der Waals surface area contributed by atoms with Crippen molar-refractivity contribution in [3.05, 3.63) is 64.4 Å². The van der Waals surface area contributed by atoms with Crippen LogP contribution in [0.3, 0.4) is 0 Å². The Labute approximate surface area is 165 Å². The summed E-state index contributed by atoms with van der Waals surface area (Å²) in [5.41, 5.74) is -0.154. The number of para-hydroxylation sites is 2. The Kier molecular flexibility index (Phi) is 5.74. The van der Waals surface area contributed by atoms with Crippen molar-refractivity contribution in [2.24, 2.45) is 0 Å². The fourth-order valence-corrected chi connectivity index (χ4v) is 2.72. The first-order valence-corrected chi connectivity index (χ1v) is 8.48. The van der Waals surface area contributed by atoms with Gasteiger partial charge in [0.25, 0.3) is 17.5 Å². The molecule has 0 spiro atoms. The third kappa shape index (κ3) is 4.33. The number of benzene rings is 2. The smallest absolute Gasteiger partial charge is 0.277 e. The molecule has 2 aromatic carbocycles. The predicted octanol–water partition coefficient (Wildman–Crippen LogP) is 2.05. The first-order chi connectivity index (χ1) is 13.9. The summed E-state index contributed by atoms with van der Waals surface area (Å²) in [6.45, 7) is -0.511. The Morgan fingerprint density at radius 1 is 1.17 bits per heavy atom. The number of aliphatic hydroxyl groups is 1. The van der Waals surface area contributed by atoms with Crippen molar-refractivity contribution in [2.75, 3.05) is 25.6 Å². The van der Waals surface area contributed by atoms with Gasteiger partial charge >= 0.3 is 0 Å². The van der Waals surface area contributed by atoms with E-state index in [9.17, 15) is 19.7 Å². The highest BCUT2D eigenvalue weighted by molar-refractivity contribution is 6.17. The zero-order valence-electron chi connectivity index (χ0n) is 15.3. The maximum Gasteiger partial charge on any atom is 0.277 e. The Hall–Kier alpha value is -3.92. The van der Waals surface area contributed by atoms with Gasteiger partial charge in [-0.25, -0.2) is 0 Å². The molecular formula is C19H17N3O7. The third-order valence-electron chi connectivity index (χ3n) is 4.01. The number of carbonyl (C=O) groups excluding carboxylic acids is 2. The minimum absolute atomic E-state index is 0.0628. The summed E-state index contributed by atoms with van der Waals surface area (Å²) in [4.78, 5) is 35.7. The van der Waals surface area contributed by atoms with Crippen molar-refractivity contribution in [2.45, 2.75) is 0 Å². The molecule has 0 bridgehead atoms. The number of rotatable bonds is 8. The number of β-amino-alcohol motifs (C(OH)–C–C–N with tert-alkyl or cyclic N) is 1. The van der Waals surface area contributed by atoms with Crippen molar-refractivity contribution in [3.8, 4) is 17.2 Å². The summed E-state index contributed by atoms with van der Waals surface area (Å²) >= 11 is 0. The van der Waals surface area contributed by atoms with E-state index in [2.05, 4.69) is 5.32 Å². The van der Waals surface area contributed by atoms with Crippen LogP contribution in [0.1, 0.15) is 0 Å². The lowest BCUT2D eigenvalue weighted by atomic mass is 10.2. The van der Waals surface area contributed by atoms with E-state index in [1.165, 1.54) is 25.3 Å². The molecule has 0 fully saturated rings. The number of methoxy groups -OCH3 is 1. The molecule has 0 unspecified atom stereocenters. The van der Waals surface area contributed by atoms with Crippen LogP contribution in [0.25, 0.3) is 0 Å². The highest BCUT2D eigenvalue weighted by Gasteiger charge is 2.31. The number of carbonyl (C=O) groups is 2. The molecule has 10 heteroatoms. The molecular weight excluding hydrogens is 382 g/mol. The normalized spacial score (nSPS) is 13.3. The quantitative estimate of drug-likeness (QED) is 0.392. The van der Waals surface area contributed by atoms with Gasteiger partial charge in [0.2, 0.25) is 0 Å². The predicted molar refractivity (Wildman–Crippen MR) is 102 cm³/mol. The largest absolute Gasteiger partial charge is 0.493 e. The van der Waals surface area contributed by atoms with Crippen molar-refractivity contribution < 1.29 is 29.1 Å². The molecule has 2 N–H and O–H groups in total. The SMILES string of the molecule is COc1ccccc1Oc1cc(NC2=CC(=O)N(CCO)C2=O)cc([N+](=O)[O-])c1. The Balaban J connectivity index is 1.90. The first-order valence-electron chi connectivity index (χ1n) is 8.48.